The Labute approximate surface area is 358 Å². The van der Waals surface area contributed by atoms with Crippen molar-refractivity contribution in [3.8, 4) is 5.75 Å². The van der Waals surface area contributed by atoms with E-state index in [9.17, 15) is 43.7 Å². The largest absolute Gasteiger partial charge is 0.514 e. The van der Waals surface area contributed by atoms with Crippen LogP contribution in [0.4, 0.5) is 21.0 Å². The molecule has 0 spiro atoms. The van der Waals surface area contributed by atoms with Gasteiger partial charge in [0, 0.05) is 55.3 Å². The third-order valence-corrected chi connectivity index (χ3v) is 8.95. The van der Waals surface area contributed by atoms with E-state index in [1.807, 2.05) is 0 Å². The number of nitro benzene ring substituents is 1. The predicted molar refractivity (Wildman–Crippen MR) is 219 cm³/mol. The van der Waals surface area contributed by atoms with Gasteiger partial charge in [0.05, 0.1) is 70.4 Å². The Kier molecular flexibility index (Phi) is 22.2. The Hall–Kier alpha value is -6.29. The first-order chi connectivity index (χ1) is 29.7. The van der Waals surface area contributed by atoms with Crippen molar-refractivity contribution in [1.82, 2.24) is 15.5 Å². The Morgan fingerprint density at radius 1 is 0.806 bits per heavy atom. The maximum absolute atomic E-state index is 13.6. The minimum absolute atomic E-state index is 0.0130. The molecule has 3 rings (SSSR count). The number of hydrogen-bond acceptors (Lipinski definition) is 15. The van der Waals surface area contributed by atoms with Gasteiger partial charge < -0.3 is 50.1 Å². The van der Waals surface area contributed by atoms with Crippen LogP contribution in [-0.4, -0.2) is 123 Å². The molecule has 0 saturated carbocycles. The number of hydrogen-bond donors (Lipinski definition) is 4. The van der Waals surface area contributed by atoms with E-state index in [0.717, 1.165) is 4.90 Å². The van der Waals surface area contributed by atoms with Crippen molar-refractivity contribution >= 4 is 53.0 Å². The normalized spacial score (nSPS) is 13.1. The van der Waals surface area contributed by atoms with Gasteiger partial charge >= 0.3 is 12.2 Å². The molecule has 1 heterocycles. The van der Waals surface area contributed by atoms with E-state index in [1.165, 1.54) is 36.4 Å². The van der Waals surface area contributed by atoms with Gasteiger partial charge in [0.1, 0.15) is 12.4 Å². The highest BCUT2D eigenvalue weighted by Gasteiger charge is 2.29. The molecular weight excluding hydrogens is 816 g/mol. The van der Waals surface area contributed by atoms with Crippen LogP contribution in [0.3, 0.4) is 0 Å². The highest BCUT2D eigenvalue weighted by molar-refractivity contribution is 6.12. The van der Waals surface area contributed by atoms with Crippen LogP contribution >= 0.6 is 0 Å². The van der Waals surface area contributed by atoms with E-state index in [2.05, 4.69) is 16.0 Å². The van der Waals surface area contributed by atoms with Crippen molar-refractivity contribution in [2.75, 3.05) is 71.3 Å². The first kappa shape index (κ1) is 50.1. The zero-order valence-corrected chi connectivity index (χ0v) is 34.7. The topological polar surface area (TPSA) is 283 Å². The summed E-state index contributed by atoms with van der Waals surface area (Å²) in [5.74, 6) is -2.97. The van der Waals surface area contributed by atoms with Crippen LogP contribution in [0.25, 0.3) is 0 Å². The molecule has 62 heavy (non-hydrogen) atoms. The fourth-order valence-electron chi connectivity index (χ4n) is 5.69. The van der Waals surface area contributed by atoms with Crippen molar-refractivity contribution in [3.05, 3.63) is 76.4 Å². The molecule has 2 aromatic carbocycles. The summed E-state index contributed by atoms with van der Waals surface area (Å²) in [4.78, 5) is 97.4. The Morgan fingerprint density at radius 2 is 1.39 bits per heavy atom. The van der Waals surface area contributed by atoms with Crippen LogP contribution in [0.2, 0.25) is 0 Å². The number of rotatable bonds is 30. The average molecular weight is 871 g/mol. The standard InChI is InChI=1S/C41H54N6O15/c1-28(2)38(45-35(49)15-18-57-20-22-59-24-25-60-23-21-58-19-17-46-36(50)13-14-37(46)51)34(48)26-30(4-3-16-43-40(42)53)39(52)44-31-7-5-29(6-8-31)27-61-41(54)62-33-11-9-32(10-12-33)47(55)56/h5-14,28,30,38H,3-4,15-27H2,1-2H3,(H,44,52)(H,45,49)(H3,42,43,53)/t30-,38+/m1/s1. The molecule has 6 amide bonds. The molecule has 0 radical (unpaired) electrons. The van der Waals surface area contributed by atoms with Gasteiger partial charge in [-0.25, -0.2) is 9.59 Å². The number of benzene rings is 2. The zero-order chi connectivity index (χ0) is 45.3. The number of non-ortho nitro benzene ring substituents is 1. The van der Waals surface area contributed by atoms with E-state index < -0.39 is 40.9 Å². The number of anilines is 1. The SMILES string of the molecule is CC(C)[C@H](NC(=O)CCOCCOCCOCCOCCN1C(=O)C=CC1=O)C(=O)C[C@@H](CCCNC(N)=O)C(=O)Nc1ccc(COC(=O)Oc2ccc([N+](=O)[O-])cc2)cc1. The molecule has 21 nitrogen and oxygen atoms in total. The molecule has 21 heteroatoms. The summed E-state index contributed by atoms with van der Waals surface area (Å²) in [6.45, 7) is 5.76. The molecule has 2 atom stereocenters. The lowest BCUT2D eigenvalue weighted by Crippen LogP contribution is -2.45. The summed E-state index contributed by atoms with van der Waals surface area (Å²) >= 11 is 0. The van der Waals surface area contributed by atoms with Crippen molar-refractivity contribution in [1.29, 1.82) is 0 Å². The Morgan fingerprint density at radius 3 is 1.95 bits per heavy atom. The first-order valence-corrected chi connectivity index (χ1v) is 19.9. The number of nitrogens with zero attached hydrogens (tertiary/aromatic N) is 2. The lowest BCUT2D eigenvalue weighted by atomic mass is 9.89. The van der Waals surface area contributed by atoms with E-state index in [1.54, 1.807) is 38.1 Å². The van der Waals surface area contributed by atoms with Crippen LogP contribution in [-0.2, 0) is 54.3 Å². The average Bonchev–Trinajstić information content (AvgIpc) is 3.56. The second-order valence-electron chi connectivity index (χ2n) is 14.0. The lowest BCUT2D eigenvalue weighted by Gasteiger charge is -2.24. The van der Waals surface area contributed by atoms with Crippen LogP contribution in [0.5, 0.6) is 5.75 Å². The summed E-state index contributed by atoms with van der Waals surface area (Å²) in [5, 5.41) is 18.8. The van der Waals surface area contributed by atoms with Crippen LogP contribution in [0, 0.1) is 22.0 Å². The summed E-state index contributed by atoms with van der Waals surface area (Å²) in [5.41, 5.74) is 5.97. The zero-order valence-electron chi connectivity index (χ0n) is 34.7. The molecule has 0 unspecified atom stereocenters. The second kappa shape index (κ2) is 27.5. The van der Waals surface area contributed by atoms with Crippen molar-refractivity contribution in [3.63, 3.8) is 0 Å². The number of ether oxygens (including phenoxy) is 6. The van der Waals surface area contributed by atoms with E-state index in [-0.39, 0.29) is 100 Å². The van der Waals surface area contributed by atoms with Gasteiger partial charge in [0.2, 0.25) is 11.8 Å². The summed E-state index contributed by atoms with van der Waals surface area (Å²) in [7, 11) is 0. The number of imide groups is 1. The van der Waals surface area contributed by atoms with Gasteiger partial charge in [-0.15, -0.1) is 0 Å². The smallest absolute Gasteiger partial charge is 0.429 e. The Balaban J connectivity index is 1.36. The summed E-state index contributed by atoms with van der Waals surface area (Å²) in [6, 6.07) is 9.68. The third-order valence-electron chi connectivity index (χ3n) is 8.95. The summed E-state index contributed by atoms with van der Waals surface area (Å²) in [6.07, 6.45) is 1.77. The van der Waals surface area contributed by atoms with Crippen molar-refractivity contribution in [2.24, 2.45) is 17.6 Å². The minimum Gasteiger partial charge on any atom is -0.429 e. The van der Waals surface area contributed by atoms with E-state index in [4.69, 9.17) is 34.2 Å². The highest BCUT2D eigenvalue weighted by atomic mass is 16.7. The predicted octanol–water partition coefficient (Wildman–Crippen LogP) is 2.80. The number of urea groups is 1. The quantitative estimate of drug-likeness (QED) is 0.0219. The van der Waals surface area contributed by atoms with Crippen LogP contribution in [0.1, 0.15) is 45.1 Å². The van der Waals surface area contributed by atoms with Gasteiger partial charge in [0.25, 0.3) is 17.5 Å². The second-order valence-corrected chi connectivity index (χ2v) is 14.0. The maximum Gasteiger partial charge on any atom is 0.514 e. The van der Waals surface area contributed by atoms with Crippen LogP contribution < -0.4 is 26.4 Å². The molecule has 1 aliphatic rings. The number of ketones is 1. The minimum atomic E-state index is -1.02. The third kappa shape index (κ3) is 19.4. The fraction of sp³-hybridized carbons (Fsp3) is 0.488. The number of nitrogens with two attached hydrogens (primary N) is 1. The van der Waals surface area contributed by atoms with Gasteiger partial charge in [-0.2, -0.15) is 0 Å². The molecule has 0 fully saturated rings. The number of Topliss-reactive ketones (excluding diaryl/α,β-unsaturated/α-hetero) is 1. The molecule has 5 N–H and O–H groups in total. The number of amides is 6. The molecule has 0 aliphatic carbocycles. The van der Waals surface area contributed by atoms with Crippen molar-refractivity contribution < 1.29 is 66.9 Å². The molecule has 0 aromatic heterocycles. The number of nitrogens with one attached hydrogen (secondary N) is 3. The summed E-state index contributed by atoms with van der Waals surface area (Å²) < 4.78 is 31.9. The van der Waals surface area contributed by atoms with Gasteiger partial charge in [-0.05, 0) is 48.6 Å². The van der Waals surface area contributed by atoms with Crippen molar-refractivity contribution in [2.45, 2.75) is 52.2 Å². The van der Waals surface area contributed by atoms with E-state index >= 15 is 0 Å². The molecule has 2 aromatic rings. The highest BCUT2D eigenvalue weighted by Crippen LogP contribution is 2.21. The van der Waals surface area contributed by atoms with E-state index in [0.29, 0.717) is 44.1 Å². The molecule has 1 aliphatic heterocycles. The van der Waals surface area contributed by atoms with Crippen LogP contribution in [0.15, 0.2) is 60.7 Å². The van der Waals surface area contributed by atoms with Gasteiger partial charge in [-0.1, -0.05) is 26.0 Å². The number of nitro groups is 1. The number of primary amides is 1. The number of carbonyl (C=O) groups is 7. The Bertz CT molecular complexity index is 1820. The first-order valence-electron chi connectivity index (χ1n) is 19.9. The molecule has 338 valence electrons. The number of carbonyl (C=O) groups excluding carboxylic acids is 7. The molecular formula is C41H54N6O15. The van der Waals surface area contributed by atoms with Gasteiger partial charge in [-0.3, -0.25) is 39.0 Å². The maximum atomic E-state index is 13.6. The van der Waals surface area contributed by atoms with Gasteiger partial charge in [0.15, 0.2) is 5.78 Å². The lowest BCUT2D eigenvalue weighted by molar-refractivity contribution is -0.384. The molecule has 0 bridgehead atoms. The fourth-order valence-corrected chi connectivity index (χ4v) is 5.69. The monoisotopic (exact) mass is 870 g/mol. The molecule has 0 saturated heterocycles.